The zero-order valence-corrected chi connectivity index (χ0v) is 12.4. The second-order valence-electron chi connectivity index (χ2n) is 5.39. The molecule has 2 rings (SSSR count). The van der Waals surface area contributed by atoms with E-state index in [0.717, 1.165) is 31.7 Å². The molecule has 0 saturated carbocycles. The molecule has 1 saturated heterocycles. The minimum absolute atomic E-state index is 0.301. The number of likely N-dealkylation sites (N-methyl/N-ethyl adjacent to an activating group) is 1. The van der Waals surface area contributed by atoms with Gasteiger partial charge in [0.1, 0.15) is 0 Å². The first-order valence-electron chi connectivity index (χ1n) is 6.96. The van der Waals surface area contributed by atoms with Crippen LogP contribution in [0.2, 0.25) is 0 Å². The molecule has 20 heavy (non-hydrogen) atoms. The Morgan fingerprint density at radius 3 is 2.85 bits per heavy atom. The van der Waals surface area contributed by atoms with Gasteiger partial charge >= 0.3 is 5.97 Å². The molecule has 1 atom stereocenters. The van der Waals surface area contributed by atoms with Crippen LogP contribution in [0.25, 0.3) is 0 Å². The van der Waals surface area contributed by atoms with Crippen LogP contribution in [0.5, 0.6) is 0 Å². The molecule has 0 aliphatic carbocycles. The molecule has 1 aliphatic rings. The summed E-state index contributed by atoms with van der Waals surface area (Å²) in [5, 5.41) is 0. The van der Waals surface area contributed by atoms with Crippen molar-refractivity contribution in [2.24, 2.45) is 0 Å². The summed E-state index contributed by atoms with van der Waals surface area (Å²) < 4.78 is 4.88. The van der Waals surface area contributed by atoms with E-state index in [0.29, 0.717) is 17.3 Å². The molecule has 5 nitrogen and oxygen atoms in total. The number of nitrogens with two attached hydrogens (primary N) is 1. The molecule has 1 unspecified atom stereocenters. The van der Waals surface area contributed by atoms with Crippen molar-refractivity contribution in [1.29, 1.82) is 0 Å². The number of carbonyl (C=O) groups is 1. The summed E-state index contributed by atoms with van der Waals surface area (Å²) in [6.45, 7) is 5.06. The fraction of sp³-hybridized carbons (Fsp3) is 0.533. The van der Waals surface area contributed by atoms with Crippen molar-refractivity contribution < 1.29 is 9.53 Å². The van der Waals surface area contributed by atoms with Gasteiger partial charge in [-0.25, -0.2) is 4.79 Å². The number of para-hydroxylation sites is 1. The van der Waals surface area contributed by atoms with Crippen LogP contribution >= 0.6 is 0 Å². The zero-order valence-electron chi connectivity index (χ0n) is 12.4. The lowest BCUT2D eigenvalue weighted by molar-refractivity contribution is 0.0601. The highest BCUT2D eigenvalue weighted by molar-refractivity contribution is 5.99. The van der Waals surface area contributed by atoms with E-state index in [1.54, 1.807) is 12.1 Å². The number of methoxy groups -OCH3 is 1. The normalized spacial score (nSPS) is 20.6. The minimum Gasteiger partial charge on any atom is -0.465 e. The van der Waals surface area contributed by atoms with Crippen LogP contribution in [-0.2, 0) is 4.74 Å². The van der Waals surface area contributed by atoms with Gasteiger partial charge in [-0.3, -0.25) is 0 Å². The van der Waals surface area contributed by atoms with E-state index in [1.165, 1.54) is 7.11 Å². The van der Waals surface area contributed by atoms with Crippen molar-refractivity contribution in [3.63, 3.8) is 0 Å². The van der Waals surface area contributed by atoms with Crippen molar-refractivity contribution in [1.82, 2.24) is 4.90 Å². The van der Waals surface area contributed by atoms with E-state index in [2.05, 4.69) is 23.8 Å². The average molecular weight is 277 g/mol. The Morgan fingerprint density at radius 2 is 2.15 bits per heavy atom. The first kappa shape index (κ1) is 14.7. The third kappa shape index (κ3) is 2.88. The number of anilines is 2. The first-order valence-corrected chi connectivity index (χ1v) is 6.96. The number of ether oxygens (including phenoxy) is 1. The maximum absolute atomic E-state index is 12.0. The van der Waals surface area contributed by atoms with E-state index in [4.69, 9.17) is 10.5 Å². The van der Waals surface area contributed by atoms with Crippen molar-refractivity contribution in [2.75, 3.05) is 44.4 Å². The standard InChI is InChI=1S/C15H23N3O2/c1-11-10-17(2)8-5-9-18(11)14-12(15(19)20-3)6-4-7-13(14)16/h4,6-7,11H,5,8-10,16H2,1-3H3. The lowest BCUT2D eigenvalue weighted by Gasteiger charge is -2.32. The smallest absolute Gasteiger partial charge is 0.340 e. The van der Waals surface area contributed by atoms with Gasteiger partial charge in [-0.05, 0) is 39.1 Å². The highest BCUT2D eigenvalue weighted by atomic mass is 16.5. The summed E-state index contributed by atoms with van der Waals surface area (Å²) >= 11 is 0. The maximum Gasteiger partial charge on any atom is 0.340 e. The molecule has 0 radical (unpaired) electrons. The highest BCUT2D eigenvalue weighted by Crippen LogP contribution is 2.31. The molecule has 1 aromatic carbocycles. The Balaban J connectivity index is 2.42. The topological polar surface area (TPSA) is 58.8 Å². The van der Waals surface area contributed by atoms with Crippen LogP contribution in [0.4, 0.5) is 11.4 Å². The van der Waals surface area contributed by atoms with Gasteiger partial charge in [0.25, 0.3) is 0 Å². The Hall–Kier alpha value is -1.75. The fourth-order valence-corrected chi connectivity index (χ4v) is 2.86. The first-order chi connectivity index (χ1) is 9.54. The van der Waals surface area contributed by atoms with Crippen LogP contribution in [0, 0.1) is 0 Å². The quantitative estimate of drug-likeness (QED) is 0.657. The summed E-state index contributed by atoms with van der Waals surface area (Å²) in [4.78, 5) is 16.5. The number of benzene rings is 1. The predicted molar refractivity (Wildman–Crippen MR) is 81.1 cm³/mol. The number of rotatable bonds is 2. The molecule has 110 valence electrons. The van der Waals surface area contributed by atoms with Gasteiger partial charge in [0, 0.05) is 19.1 Å². The number of nitrogen functional groups attached to an aromatic ring is 1. The van der Waals surface area contributed by atoms with Gasteiger partial charge in [0.05, 0.1) is 24.0 Å². The Bertz CT molecular complexity index is 490. The minimum atomic E-state index is -0.336. The lowest BCUT2D eigenvalue weighted by atomic mass is 10.1. The molecular weight excluding hydrogens is 254 g/mol. The third-order valence-corrected chi connectivity index (χ3v) is 3.81. The molecule has 2 N–H and O–H groups in total. The predicted octanol–water partition coefficient (Wildman–Crippen LogP) is 1.59. The van der Waals surface area contributed by atoms with Crippen LogP contribution in [0.15, 0.2) is 18.2 Å². The molecule has 0 spiro atoms. The highest BCUT2D eigenvalue weighted by Gasteiger charge is 2.25. The van der Waals surface area contributed by atoms with Crippen LogP contribution in [0.1, 0.15) is 23.7 Å². The molecule has 0 bridgehead atoms. The van der Waals surface area contributed by atoms with Gasteiger partial charge < -0.3 is 20.3 Å². The van der Waals surface area contributed by atoms with E-state index in [-0.39, 0.29) is 5.97 Å². The fourth-order valence-electron chi connectivity index (χ4n) is 2.86. The number of hydrogen-bond acceptors (Lipinski definition) is 5. The Labute approximate surface area is 120 Å². The Morgan fingerprint density at radius 1 is 1.40 bits per heavy atom. The van der Waals surface area contributed by atoms with Gasteiger partial charge in [0.2, 0.25) is 0 Å². The number of nitrogens with zero attached hydrogens (tertiary/aromatic N) is 2. The molecule has 0 amide bonds. The van der Waals surface area contributed by atoms with Crippen LogP contribution in [0.3, 0.4) is 0 Å². The van der Waals surface area contributed by atoms with E-state index >= 15 is 0 Å². The summed E-state index contributed by atoms with van der Waals surface area (Å²) in [6.07, 6.45) is 1.05. The molecule has 1 heterocycles. The lowest BCUT2D eigenvalue weighted by Crippen LogP contribution is -2.39. The molecule has 0 aromatic heterocycles. The summed E-state index contributed by atoms with van der Waals surface area (Å²) in [5.41, 5.74) is 8.11. The monoisotopic (exact) mass is 277 g/mol. The Kier molecular flexibility index (Phi) is 4.49. The average Bonchev–Trinajstić information content (AvgIpc) is 2.58. The van der Waals surface area contributed by atoms with E-state index in [9.17, 15) is 4.79 Å². The van der Waals surface area contributed by atoms with E-state index < -0.39 is 0 Å². The maximum atomic E-state index is 12.0. The van der Waals surface area contributed by atoms with Gasteiger partial charge in [-0.15, -0.1) is 0 Å². The van der Waals surface area contributed by atoms with Crippen molar-refractivity contribution in [2.45, 2.75) is 19.4 Å². The van der Waals surface area contributed by atoms with Crippen LogP contribution in [-0.4, -0.2) is 50.7 Å². The number of esters is 1. The SMILES string of the molecule is COC(=O)c1cccc(N)c1N1CCCN(C)CC1C. The van der Waals surface area contributed by atoms with Crippen molar-refractivity contribution >= 4 is 17.3 Å². The molecule has 1 aliphatic heterocycles. The van der Waals surface area contributed by atoms with Gasteiger partial charge in [-0.1, -0.05) is 6.07 Å². The second-order valence-corrected chi connectivity index (χ2v) is 5.39. The molecular formula is C15H23N3O2. The van der Waals surface area contributed by atoms with E-state index in [1.807, 2.05) is 6.07 Å². The van der Waals surface area contributed by atoms with Gasteiger partial charge in [-0.2, -0.15) is 0 Å². The summed E-state index contributed by atoms with van der Waals surface area (Å²) in [6, 6.07) is 5.71. The third-order valence-electron chi connectivity index (χ3n) is 3.81. The summed E-state index contributed by atoms with van der Waals surface area (Å²) in [7, 11) is 3.52. The largest absolute Gasteiger partial charge is 0.465 e. The van der Waals surface area contributed by atoms with Crippen LogP contribution < -0.4 is 10.6 Å². The molecule has 1 fully saturated rings. The second kappa shape index (κ2) is 6.13. The molecule has 5 heteroatoms. The van der Waals surface area contributed by atoms with Crippen molar-refractivity contribution in [3.05, 3.63) is 23.8 Å². The summed E-state index contributed by atoms with van der Waals surface area (Å²) in [5.74, 6) is -0.336. The van der Waals surface area contributed by atoms with Crippen molar-refractivity contribution in [3.8, 4) is 0 Å². The number of hydrogen-bond donors (Lipinski definition) is 1. The molecule has 1 aromatic rings. The zero-order chi connectivity index (χ0) is 14.7. The number of carbonyl (C=O) groups excluding carboxylic acids is 1. The van der Waals surface area contributed by atoms with Gasteiger partial charge in [0.15, 0.2) is 0 Å².